The first-order valence-electron chi connectivity index (χ1n) is 15.1. The van der Waals surface area contributed by atoms with E-state index in [4.69, 9.17) is 14.7 Å². The van der Waals surface area contributed by atoms with Gasteiger partial charge in [-0.1, -0.05) is 44.2 Å². The zero-order valence-corrected chi connectivity index (χ0v) is 25.6. The molecule has 0 radical (unpaired) electrons. The van der Waals surface area contributed by atoms with Crippen LogP contribution >= 0.6 is 0 Å². The van der Waals surface area contributed by atoms with E-state index in [0.717, 1.165) is 73.1 Å². The average Bonchev–Trinajstić information content (AvgIpc) is 3.65. The van der Waals surface area contributed by atoms with Crippen LogP contribution in [0, 0.1) is 5.41 Å². The van der Waals surface area contributed by atoms with Crippen LogP contribution in [0.1, 0.15) is 29.8 Å². The maximum atomic E-state index is 13.4. The van der Waals surface area contributed by atoms with Gasteiger partial charge in [-0.15, -0.1) is 0 Å². The van der Waals surface area contributed by atoms with Gasteiger partial charge in [0.15, 0.2) is 5.65 Å². The molecule has 1 aliphatic rings. The number of hydrogen-bond donors (Lipinski definition) is 2. The molecule has 44 heavy (non-hydrogen) atoms. The lowest BCUT2D eigenvalue weighted by atomic mass is 9.95. The van der Waals surface area contributed by atoms with Crippen LogP contribution in [0.2, 0.25) is 0 Å². The minimum absolute atomic E-state index is 0.0392. The fourth-order valence-corrected chi connectivity index (χ4v) is 5.50. The monoisotopic (exact) mass is 596 g/mol. The van der Waals surface area contributed by atoms with Gasteiger partial charge in [-0.2, -0.15) is 9.61 Å². The number of carbonyl (C=O) groups excluding carboxylic acids is 1. The van der Waals surface area contributed by atoms with E-state index in [9.17, 15) is 9.90 Å². The van der Waals surface area contributed by atoms with Crippen LogP contribution in [0.15, 0.2) is 67.1 Å². The van der Waals surface area contributed by atoms with E-state index in [0.29, 0.717) is 24.3 Å². The number of fused-ring (bicyclic) bond motifs is 2. The number of aliphatic hydroxyl groups excluding tert-OH is 1. The fourth-order valence-electron chi connectivity index (χ4n) is 5.50. The fraction of sp³-hybridized carbons (Fsp3) is 0.394. The number of amides is 1. The predicted molar refractivity (Wildman–Crippen MR) is 171 cm³/mol. The predicted octanol–water partition coefficient (Wildman–Crippen LogP) is 3.46. The Bertz CT molecular complexity index is 1740. The smallest absolute Gasteiger partial charge is 0.256 e. The van der Waals surface area contributed by atoms with Gasteiger partial charge in [-0.25, -0.2) is 9.97 Å². The van der Waals surface area contributed by atoms with Gasteiger partial charge in [0, 0.05) is 87.7 Å². The highest BCUT2D eigenvalue weighted by molar-refractivity contribution is 6.01. The highest BCUT2D eigenvalue weighted by atomic mass is 16.5. The molecule has 11 heteroatoms. The maximum Gasteiger partial charge on any atom is 0.256 e. The summed E-state index contributed by atoms with van der Waals surface area (Å²) in [7, 11) is 2.02. The number of aliphatic hydroxyl groups is 1. The Morgan fingerprint density at radius 3 is 2.66 bits per heavy atom. The second-order valence-electron chi connectivity index (χ2n) is 12.2. The number of rotatable bonds is 11. The van der Waals surface area contributed by atoms with Gasteiger partial charge in [0.1, 0.15) is 17.0 Å². The van der Waals surface area contributed by atoms with Crippen LogP contribution in [0.25, 0.3) is 27.9 Å². The molecule has 5 aromatic rings. The van der Waals surface area contributed by atoms with Gasteiger partial charge in [0.05, 0.1) is 25.1 Å². The van der Waals surface area contributed by atoms with Crippen LogP contribution in [0.4, 0.5) is 5.82 Å². The van der Waals surface area contributed by atoms with E-state index in [-0.39, 0.29) is 12.5 Å². The molecule has 0 atom stereocenters. The average molecular weight is 597 g/mol. The molecule has 0 saturated carbocycles. The van der Waals surface area contributed by atoms with Crippen LogP contribution in [-0.4, -0.2) is 93.1 Å². The Kier molecular flexibility index (Phi) is 8.60. The van der Waals surface area contributed by atoms with Crippen LogP contribution < -0.4 is 10.2 Å². The molecule has 230 valence electrons. The number of nitrogens with zero attached hydrogens (tertiary/aromatic N) is 7. The van der Waals surface area contributed by atoms with Crippen LogP contribution in [-0.2, 0) is 17.8 Å². The molecule has 0 bridgehead atoms. The Labute approximate surface area is 257 Å². The number of anilines is 1. The van der Waals surface area contributed by atoms with Crippen molar-refractivity contribution in [1.29, 1.82) is 0 Å². The minimum atomic E-state index is -0.450. The molecular formula is C33H40N8O3. The SMILES string of the molecule is CN(Cc1ccccc1)c1cc(-c2cn(CCN3CCOCC3)c3ncccc23)nc2c(C(=O)NCC(C)(C)CO)cnn12. The highest BCUT2D eigenvalue weighted by Crippen LogP contribution is 2.32. The van der Waals surface area contributed by atoms with Gasteiger partial charge in [-0.3, -0.25) is 9.69 Å². The summed E-state index contributed by atoms with van der Waals surface area (Å²) in [5.74, 6) is 0.527. The lowest BCUT2D eigenvalue weighted by Gasteiger charge is -2.26. The van der Waals surface area contributed by atoms with Gasteiger partial charge < -0.3 is 24.6 Å². The molecule has 1 saturated heterocycles. The largest absolute Gasteiger partial charge is 0.396 e. The molecule has 1 fully saturated rings. The lowest BCUT2D eigenvalue weighted by Crippen LogP contribution is -2.38. The number of benzene rings is 1. The summed E-state index contributed by atoms with van der Waals surface area (Å²) in [6, 6.07) is 16.3. The summed E-state index contributed by atoms with van der Waals surface area (Å²) >= 11 is 0. The van der Waals surface area contributed by atoms with Crippen LogP contribution in [0.3, 0.4) is 0 Å². The number of nitrogens with one attached hydrogen (secondary N) is 1. The number of pyridine rings is 1. The van der Waals surface area contributed by atoms with Crippen molar-refractivity contribution >= 4 is 28.4 Å². The maximum absolute atomic E-state index is 13.4. The third-order valence-electron chi connectivity index (χ3n) is 8.18. The van der Waals surface area contributed by atoms with Crippen molar-refractivity contribution < 1.29 is 14.6 Å². The molecular weight excluding hydrogens is 556 g/mol. The Balaban J connectivity index is 1.42. The number of ether oxygens (including phenoxy) is 1. The normalized spacial score (nSPS) is 14.4. The molecule has 1 aliphatic heterocycles. The Hall–Kier alpha value is -4.32. The standard InChI is InChI=1S/C33H40N8O3/c1-33(2,23-42)22-35-32(43)26-19-36-41-29(38(3)20-24-8-5-4-6-9-24)18-28(37-31(26)41)27-21-40(30-25(27)10-7-11-34-30)13-12-39-14-16-44-17-15-39/h4-11,18-19,21,42H,12-17,20,22-23H2,1-3H3,(H,35,43). The molecule has 6 rings (SSSR count). The molecule has 0 spiro atoms. The molecule has 1 aromatic carbocycles. The zero-order valence-electron chi connectivity index (χ0n) is 25.6. The molecule has 0 unspecified atom stereocenters. The van der Waals surface area contributed by atoms with Crippen molar-refractivity contribution in [2.75, 3.05) is 57.9 Å². The van der Waals surface area contributed by atoms with Gasteiger partial charge in [0.2, 0.25) is 0 Å². The zero-order chi connectivity index (χ0) is 30.7. The third-order valence-corrected chi connectivity index (χ3v) is 8.18. The van der Waals surface area contributed by atoms with Gasteiger partial charge >= 0.3 is 0 Å². The second kappa shape index (κ2) is 12.7. The van der Waals surface area contributed by atoms with Crippen molar-refractivity contribution in [1.82, 2.24) is 34.4 Å². The van der Waals surface area contributed by atoms with E-state index < -0.39 is 5.41 Å². The van der Waals surface area contributed by atoms with E-state index in [2.05, 4.69) is 49.2 Å². The number of morpholine rings is 1. The molecule has 0 aliphatic carbocycles. The Morgan fingerprint density at radius 2 is 1.89 bits per heavy atom. The van der Waals surface area contributed by atoms with Crippen molar-refractivity contribution in [3.63, 3.8) is 0 Å². The van der Waals surface area contributed by atoms with Crippen LogP contribution in [0.5, 0.6) is 0 Å². The van der Waals surface area contributed by atoms with E-state index in [1.807, 2.05) is 57.4 Å². The first-order chi connectivity index (χ1) is 21.3. The second-order valence-corrected chi connectivity index (χ2v) is 12.2. The molecule has 4 aromatic heterocycles. The topological polar surface area (TPSA) is 113 Å². The first-order valence-corrected chi connectivity index (χ1v) is 15.1. The summed E-state index contributed by atoms with van der Waals surface area (Å²) in [5.41, 5.74) is 4.13. The van der Waals surface area contributed by atoms with Crippen molar-refractivity contribution in [2.45, 2.75) is 26.9 Å². The molecule has 5 heterocycles. The van der Waals surface area contributed by atoms with Crippen molar-refractivity contribution in [3.05, 3.63) is 78.2 Å². The Morgan fingerprint density at radius 1 is 1.09 bits per heavy atom. The first kappa shape index (κ1) is 29.7. The van der Waals surface area contributed by atoms with Gasteiger partial charge in [0.25, 0.3) is 5.91 Å². The van der Waals surface area contributed by atoms with Crippen molar-refractivity contribution in [2.24, 2.45) is 5.41 Å². The van der Waals surface area contributed by atoms with E-state index in [1.165, 1.54) is 0 Å². The van der Waals surface area contributed by atoms with Gasteiger partial charge in [-0.05, 0) is 17.7 Å². The number of aromatic nitrogens is 5. The minimum Gasteiger partial charge on any atom is -0.396 e. The summed E-state index contributed by atoms with van der Waals surface area (Å²) in [5, 5.41) is 18.3. The lowest BCUT2D eigenvalue weighted by molar-refractivity contribution is 0.0365. The van der Waals surface area contributed by atoms with E-state index >= 15 is 0 Å². The number of carbonyl (C=O) groups is 1. The molecule has 11 nitrogen and oxygen atoms in total. The molecule has 1 amide bonds. The van der Waals surface area contributed by atoms with E-state index in [1.54, 1.807) is 10.7 Å². The molecule has 2 N–H and O–H groups in total. The highest BCUT2D eigenvalue weighted by Gasteiger charge is 2.24. The van der Waals surface area contributed by atoms with Crippen molar-refractivity contribution in [3.8, 4) is 11.3 Å². The summed E-state index contributed by atoms with van der Waals surface area (Å²) in [4.78, 5) is 27.7. The quantitative estimate of drug-likeness (QED) is 0.239. The third kappa shape index (κ3) is 6.30. The summed E-state index contributed by atoms with van der Waals surface area (Å²) < 4.78 is 9.45. The number of hydrogen-bond acceptors (Lipinski definition) is 8. The summed E-state index contributed by atoms with van der Waals surface area (Å²) in [6.45, 7) is 9.80. The summed E-state index contributed by atoms with van der Waals surface area (Å²) in [6.07, 6.45) is 5.51.